The van der Waals surface area contributed by atoms with Gasteiger partial charge in [0, 0.05) is 12.7 Å². The highest BCUT2D eigenvalue weighted by Gasteiger charge is 2.38. The number of carbonyl (C=O) groups excluding carboxylic acids is 2. The van der Waals surface area contributed by atoms with Crippen molar-refractivity contribution in [3.63, 3.8) is 0 Å². The molecule has 3 nitrogen and oxygen atoms in total. The van der Waals surface area contributed by atoms with Crippen molar-refractivity contribution in [2.45, 2.75) is 5.92 Å². The molecule has 14 heavy (non-hydrogen) atoms. The van der Waals surface area contributed by atoms with Gasteiger partial charge in [-0.15, -0.1) is 0 Å². The molecule has 1 aromatic rings. The second kappa shape index (κ2) is 3.10. The van der Waals surface area contributed by atoms with Crippen LogP contribution in [0.1, 0.15) is 11.5 Å². The smallest absolute Gasteiger partial charge is 0.243 e. The lowest BCUT2D eigenvalue weighted by Gasteiger charge is -2.08. The van der Waals surface area contributed by atoms with Gasteiger partial charge in [-0.3, -0.25) is 9.59 Å². The summed E-state index contributed by atoms with van der Waals surface area (Å²) >= 11 is 5.39. The lowest BCUT2D eigenvalue weighted by molar-refractivity contribution is -0.124. The van der Waals surface area contributed by atoms with E-state index in [1.807, 2.05) is 6.07 Å². The Kier molecular flexibility index (Phi) is 2.04. The number of benzene rings is 1. The van der Waals surface area contributed by atoms with E-state index >= 15 is 0 Å². The van der Waals surface area contributed by atoms with Gasteiger partial charge in [0.2, 0.25) is 11.1 Å². The van der Waals surface area contributed by atoms with Crippen molar-refractivity contribution < 1.29 is 9.59 Å². The molecule has 0 spiro atoms. The first-order valence-electron chi connectivity index (χ1n) is 4.19. The van der Waals surface area contributed by atoms with Crippen molar-refractivity contribution in [2.24, 2.45) is 0 Å². The zero-order valence-electron chi connectivity index (χ0n) is 7.53. The van der Waals surface area contributed by atoms with Gasteiger partial charge >= 0.3 is 0 Å². The number of likely N-dealkylation sites (N-methyl/N-ethyl adjacent to an activating group) is 1. The summed E-state index contributed by atoms with van der Waals surface area (Å²) in [5, 5.41) is -0.619. The van der Waals surface area contributed by atoms with Crippen molar-refractivity contribution in [3.05, 3.63) is 29.8 Å². The normalized spacial score (nSPS) is 19.7. The van der Waals surface area contributed by atoms with E-state index in [0.717, 1.165) is 5.69 Å². The van der Waals surface area contributed by atoms with Crippen LogP contribution >= 0.6 is 11.6 Å². The molecule has 0 radical (unpaired) electrons. The second-order valence-corrected chi connectivity index (χ2v) is 3.57. The van der Waals surface area contributed by atoms with Crippen LogP contribution in [0.25, 0.3) is 0 Å². The van der Waals surface area contributed by atoms with Crippen LogP contribution in [0.15, 0.2) is 24.3 Å². The van der Waals surface area contributed by atoms with Gasteiger partial charge in [0.25, 0.3) is 0 Å². The molecular weight excluding hydrogens is 202 g/mol. The minimum Gasteiger partial charge on any atom is -0.314 e. The van der Waals surface area contributed by atoms with E-state index in [1.165, 1.54) is 4.90 Å². The molecule has 4 heteroatoms. The summed E-state index contributed by atoms with van der Waals surface area (Å²) in [6.07, 6.45) is 0. The van der Waals surface area contributed by atoms with Crippen LogP contribution < -0.4 is 4.90 Å². The third-order valence-electron chi connectivity index (χ3n) is 2.41. The largest absolute Gasteiger partial charge is 0.314 e. The number of halogens is 1. The molecule has 1 amide bonds. The Labute approximate surface area is 86.3 Å². The van der Waals surface area contributed by atoms with Gasteiger partial charge in [-0.2, -0.15) is 0 Å². The Bertz CT molecular complexity index is 416. The van der Waals surface area contributed by atoms with Crippen LogP contribution in [0.3, 0.4) is 0 Å². The van der Waals surface area contributed by atoms with Gasteiger partial charge in [-0.05, 0) is 23.2 Å². The molecular formula is C10H8ClNO2. The predicted molar refractivity (Wildman–Crippen MR) is 53.5 cm³/mol. The van der Waals surface area contributed by atoms with Crippen molar-refractivity contribution in [1.29, 1.82) is 0 Å². The average molecular weight is 210 g/mol. The number of amides is 1. The van der Waals surface area contributed by atoms with E-state index in [2.05, 4.69) is 0 Å². The van der Waals surface area contributed by atoms with E-state index in [1.54, 1.807) is 25.2 Å². The highest BCUT2D eigenvalue weighted by molar-refractivity contribution is 6.67. The Morgan fingerprint density at radius 1 is 1.43 bits per heavy atom. The lowest BCUT2D eigenvalue weighted by atomic mass is 10.0. The molecule has 0 aliphatic carbocycles. The van der Waals surface area contributed by atoms with Crippen molar-refractivity contribution in [2.75, 3.05) is 11.9 Å². The molecule has 1 unspecified atom stereocenters. The SMILES string of the molecule is CN1C(=O)C(C(=O)Cl)c2ccccc21. The minimum absolute atomic E-state index is 0.258. The summed E-state index contributed by atoms with van der Waals surface area (Å²) in [6, 6.07) is 7.16. The molecule has 1 atom stereocenters. The van der Waals surface area contributed by atoms with Crippen LogP contribution in [-0.4, -0.2) is 18.2 Å². The third kappa shape index (κ3) is 1.13. The van der Waals surface area contributed by atoms with E-state index in [-0.39, 0.29) is 5.91 Å². The summed E-state index contributed by atoms with van der Waals surface area (Å²) in [7, 11) is 1.64. The van der Waals surface area contributed by atoms with E-state index in [9.17, 15) is 9.59 Å². The van der Waals surface area contributed by atoms with Crippen LogP contribution in [-0.2, 0) is 9.59 Å². The Morgan fingerprint density at radius 2 is 2.07 bits per heavy atom. The molecule has 0 saturated heterocycles. The molecule has 72 valence electrons. The molecule has 2 rings (SSSR count). The van der Waals surface area contributed by atoms with Gasteiger partial charge in [0.15, 0.2) is 0 Å². The number of anilines is 1. The number of hydrogen-bond donors (Lipinski definition) is 0. The zero-order chi connectivity index (χ0) is 10.3. The first-order valence-corrected chi connectivity index (χ1v) is 4.56. The molecule has 0 N–H and O–H groups in total. The maximum absolute atomic E-state index is 11.6. The highest BCUT2D eigenvalue weighted by Crippen LogP contribution is 2.37. The first-order chi connectivity index (χ1) is 6.63. The van der Waals surface area contributed by atoms with Gasteiger partial charge in [-0.1, -0.05) is 18.2 Å². The molecule has 1 aromatic carbocycles. The maximum Gasteiger partial charge on any atom is 0.243 e. The zero-order valence-corrected chi connectivity index (χ0v) is 8.28. The fourth-order valence-electron chi connectivity index (χ4n) is 1.70. The number of nitrogens with zero attached hydrogens (tertiary/aromatic N) is 1. The monoisotopic (exact) mass is 209 g/mol. The molecule has 0 fully saturated rings. The van der Waals surface area contributed by atoms with Crippen molar-refractivity contribution in [1.82, 2.24) is 0 Å². The quantitative estimate of drug-likeness (QED) is 0.520. The standard InChI is InChI=1S/C10H8ClNO2/c1-12-7-5-3-2-4-6(7)8(9(11)13)10(12)14/h2-5,8H,1H3. The maximum atomic E-state index is 11.6. The minimum atomic E-state index is -0.821. The van der Waals surface area contributed by atoms with E-state index < -0.39 is 11.2 Å². The highest BCUT2D eigenvalue weighted by atomic mass is 35.5. The number of fused-ring (bicyclic) bond motifs is 1. The molecule has 0 aromatic heterocycles. The van der Waals surface area contributed by atoms with Crippen molar-refractivity contribution in [3.8, 4) is 0 Å². The molecule has 0 bridgehead atoms. The first kappa shape index (κ1) is 9.21. The number of para-hydroxylation sites is 1. The second-order valence-electron chi connectivity index (χ2n) is 3.19. The van der Waals surface area contributed by atoms with Gasteiger partial charge in [-0.25, -0.2) is 0 Å². The number of rotatable bonds is 1. The Morgan fingerprint density at radius 3 is 2.71 bits per heavy atom. The summed E-state index contributed by atoms with van der Waals surface area (Å²) in [5.74, 6) is -1.08. The molecule has 1 aliphatic rings. The number of carbonyl (C=O) groups is 2. The van der Waals surface area contributed by atoms with Gasteiger partial charge < -0.3 is 4.90 Å². The Hall–Kier alpha value is -1.35. The molecule has 1 heterocycles. The average Bonchev–Trinajstić information content (AvgIpc) is 2.41. The fraction of sp³-hybridized carbons (Fsp3) is 0.200. The Balaban J connectivity index is 2.59. The summed E-state index contributed by atoms with van der Waals surface area (Å²) in [4.78, 5) is 24.2. The van der Waals surface area contributed by atoms with Crippen LogP contribution in [0, 0.1) is 0 Å². The van der Waals surface area contributed by atoms with Crippen LogP contribution in [0.4, 0.5) is 5.69 Å². The van der Waals surface area contributed by atoms with Crippen LogP contribution in [0.5, 0.6) is 0 Å². The predicted octanol–water partition coefficient (Wildman–Crippen LogP) is 1.51. The van der Waals surface area contributed by atoms with Gasteiger partial charge in [0.1, 0.15) is 5.92 Å². The third-order valence-corrected chi connectivity index (χ3v) is 2.63. The van der Waals surface area contributed by atoms with E-state index in [0.29, 0.717) is 5.56 Å². The van der Waals surface area contributed by atoms with Crippen molar-refractivity contribution >= 4 is 28.4 Å². The molecule has 1 aliphatic heterocycles. The fourth-order valence-corrected chi connectivity index (χ4v) is 1.91. The molecule has 0 saturated carbocycles. The number of hydrogen-bond acceptors (Lipinski definition) is 2. The lowest BCUT2D eigenvalue weighted by Crippen LogP contribution is -2.26. The van der Waals surface area contributed by atoms with Crippen LogP contribution in [0.2, 0.25) is 0 Å². The topological polar surface area (TPSA) is 37.4 Å². The van der Waals surface area contributed by atoms with Gasteiger partial charge in [0.05, 0.1) is 0 Å². The van der Waals surface area contributed by atoms with E-state index in [4.69, 9.17) is 11.6 Å². The summed E-state index contributed by atoms with van der Waals surface area (Å²) < 4.78 is 0. The summed E-state index contributed by atoms with van der Waals surface area (Å²) in [6.45, 7) is 0. The summed E-state index contributed by atoms with van der Waals surface area (Å²) in [5.41, 5.74) is 1.46.